The number of nitrogens with two attached hydrogens (primary N) is 1. The maximum Gasteiger partial charge on any atom is 0.401 e. The molecule has 0 aliphatic rings. The highest BCUT2D eigenvalue weighted by Gasteiger charge is 2.32. The van der Waals surface area contributed by atoms with Gasteiger partial charge in [0.2, 0.25) is 0 Å². The van der Waals surface area contributed by atoms with Crippen molar-refractivity contribution in [1.29, 1.82) is 0 Å². The van der Waals surface area contributed by atoms with Crippen molar-refractivity contribution >= 4 is 0 Å². The molecule has 0 bridgehead atoms. The number of hydrogen-bond acceptors (Lipinski definition) is 3. The van der Waals surface area contributed by atoms with Crippen LogP contribution in [0.15, 0.2) is 30.3 Å². The lowest BCUT2D eigenvalue weighted by atomic mass is 9.88. The van der Waals surface area contributed by atoms with Gasteiger partial charge in [-0.1, -0.05) is 37.3 Å². The summed E-state index contributed by atoms with van der Waals surface area (Å²) in [5, 5.41) is 9.55. The van der Waals surface area contributed by atoms with E-state index in [1.807, 2.05) is 13.0 Å². The number of hydrogen-bond donors (Lipinski definition) is 2. The Hall–Kier alpha value is -1.11. The molecule has 0 radical (unpaired) electrons. The quantitative estimate of drug-likeness (QED) is 0.776. The Labute approximate surface area is 123 Å². The molecule has 0 fully saturated rings. The van der Waals surface area contributed by atoms with Crippen molar-refractivity contribution in [3.05, 3.63) is 35.9 Å². The first-order valence-electron chi connectivity index (χ1n) is 7.05. The van der Waals surface area contributed by atoms with Crippen molar-refractivity contribution in [2.45, 2.75) is 31.5 Å². The average Bonchev–Trinajstić information content (AvgIpc) is 2.44. The van der Waals surface area contributed by atoms with Gasteiger partial charge >= 0.3 is 6.18 Å². The van der Waals surface area contributed by atoms with Gasteiger partial charge in [-0.15, -0.1) is 0 Å². The summed E-state index contributed by atoms with van der Waals surface area (Å²) in [5.74, 6) is 0. The van der Waals surface area contributed by atoms with Crippen LogP contribution in [0.3, 0.4) is 0 Å². The van der Waals surface area contributed by atoms with Crippen molar-refractivity contribution in [3.63, 3.8) is 0 Å². The van der Waals surface area contributed by atoms with E-state index in [0.29, 0.717) is 13.0 Å². The van der Waals surface area contributed by atoms with Gasteiger partial charge in [0.1, 0.15) is 0 Å². The molecular weight excluding hydrogens is 281 g/mol. The molecule has 1 aromatic carbocycles. The molecular formula is C15H23F3N2O. The average molecular weight is 304 g/mol. The summed E-state index contributed by atoms with van der Waals surface area (Å²) in [6, 6.07) is 8.99. The Balaban J connectivity index is 2.71. The van der Waals surface area contributed by atoms with Gasteiger partial charge in [0, 0.05) is 6.54 Å². The molecule has 120 valence electrons. The summed E-state index contributed by atoms with van der Waals surface area (Å²) < 4.78 is 37.6. The van der Waals surface area contributed by atoms with Gasteiger partial charge in [0.15, 0.2) is 0 Å². The number of halogens is 3. The van der Waals surface area contributed by atoms with Crippen LogP contribution >= 0.6 is 0 Å². The molecule has 6 heteroatoms. The minimum absolute atomic E-state index is 0.194. The van der Waals surface area contributed by atoms with Crippen LogP contribution in [-0.4, -0.2) is 42.4 Å². The fourth-order valence-corrected chi connectivity index (χ4v) is 2.28. The molecule has 21 heavy (non-hydrogen) atoms. The van der Waals surface area contributed by atoms with Crippen LogP contribution in [0.4, 0.5) is 13.2 Å². The number of aliphatic hydroxyl groups is 1. The predicted octanol–water partition coefficient (Wildman–Crippen LogP) is 2.50. The molecule has 0 aliphatic heterocycles. The molecule has 3 N–H and O–H groups in total. The lowest BCUT2D eigenvalue weighted by Gasteiger charge is -2.31. The van der Waals surface area contributed by atoms with E-state index in [4.69, 9.17) is 5.73 Å². The molecule has 1 aromatic rings. The van der Waals surface area contributed by atoms with Crippen molar-refractivity contribution in [2.24, 2.45) is 5.73 Å². The van der Waals surface area contributed by atoms with Gasteiger partial charge in [-0.3, -0.25) is 4.90 Å². The summed E-state index contributed by atoms with van der Waals surface area (Å²) in [5.41, 5.74) is 5.89. The fourth-order valence-electron chi connectivity index (χ4n) is 2.28. The molecule has 0 spiro atoms. The Morgan fingerprint density at radius 1 is 1.14 bits per heavy atom. The number of alkyl halides is 3. The fraction of sp³-hybridized carbons (Fsp3) is 0.600. The first-order valence-corrected chi connectivity index (χ1v) is 7.05. The van der Waals surface area contributed by atoms with E-state index in [-0.39, 0.29) is 19.6 Å². The SMILES string of the molecule is CCCN(CCC(N)(CO)c1ccccc1)CC(F)(F)F. The van der Waals surface area contributed by atoms with E-state index < -0.39 is 18.3 Å². The van der Waals surface area contributed by atoms with Crippen LogP contribution in [0.1, 0.15) is 25.3 Å². The number of rotatable bonds is 8. The van der Waals surface area contributed by atoms with E-state index in [1.165, 1.54) is 4.90 Å². The van der Waals surface area contributed by atoms with Gasteiger partial charge in [-0.25, -0.2) is 0 Å². The first-order chi connectivity index (χ1) is 9.80. The molecule has 1 unspecified atom stereocenters. The van der Waals surface area contributed by atoms with Crippen LogP contribution in [0.25, 0.3) is 0 Å². The third-order valence-corrected chi connectivity index (χ3v) is 3.45. The second-order valence-corrected chi connectivity index (χ2v) is 5.32. The standard InChI is InChI=1S/C15H23F3N2O/c1-2-9-20(11-15(16,17)18)10-8-14(19,12-21)13-6-4-3-5-7-13/h3-7,21H,2,8-12,19H2,1H3. The normalized spacial score (nSPS) is 15.2. The Morgan fingerprint density at radius 2 is 1.76 bits per heavy atom. The zero-order valence-electron chi connectivity index (χ0n) is 12.2. The molecule has 1 atom stereocenters. The molecule has 0 amide bonds. The molecule has 0 saturated carbocycles. The maximum absolute atomic E-state index is 12.5. The third-order valence-electron chi connectivity index (χ3n) is 3.45. The highest BCUT2D eigenvalue weighted by Crippen LogP contribution is 2.23. The number of benzene rings is 1. The van der Waals surface area contributed by atoms with Gasteiger partial charge in [0.25, 0.3) is 0 Å². The highest BCUT2D eigenvalue weighted by molar-refractivity contribution is 5.24. The second kappa shape index (κ2) is 7.77. The highest BCUT2D eigenvalue weighted by atomic mass is 19.4. The molecule has 0 aliphatic carbocycles. The summed E-state index contributed by atoms with van der Waals surface area (Å²) in [7, 11) is 0. The van der Waals surface area contributed by atoms with Crippen LogP contribution in [0, 0.1) is 0 Å². The van der Waals surface area contributed by atoms with E-state index in [2.05, 4.69) is 0 Å². The van der Waals surface area contributed by atoms with E-state index in [0.717, 1.165) is 5.56 Å². The van der Waals surface area contributed by atoms with E-state index >= 15 is 0 Å². The van der Waals surface area contributed by atoms with Crippen molar-refractivity contribution in [2.75, 3.05) is 26.2 Å². The molecule has 0 saturated heterocycles. The summed E-state index contributed by atoms with van der Waals surface area (Å²) in [6.07, 6.45) is -3.32. The second-order valence-electron chi connectivity index (χ2n) is 5.32. The van der Waals surface area contributed by atoms with Crippen LogP contribution < -0.4 is 5.73 Å². The largest absolute Gasteiger partial charge is 0.401 e. The van der Waals surface area contributed by atoms with Crippen LogP contribution in [0.2, 0.25) is 0 Å². The summed E-state index contributed by atoms with van der Waals surface area (Å²) in [6.45, 7) is 1.14. The van der Waals surface area contributed by atoms with Gasteiger partial charge in [-0.05, 0) is 24.9 Å². The number of aliphatic hydroxyl groups excluding tert-OH is 1. The molecule has 0 heterocycles. The third kappa shape index (κ3) is 6.03. The smallest absolute Gasteiger partial charge is 0.394 e. The minimum atomic E-state index is -4.22. The first kappa shape index (κ1) is 17.9. The van der Waals surface area contributed by atoms with Crippen molar-refractivity contribution in [3.8, 4) is 0 Å². The minimum Gasteiger partial charge on any atom is -0.394 e. The molecule has 1 rings (SSSR count). The lowest BCUT2D eigenvalue weighted by Crippen LogP contribution is -2.45. The van der Waals surface area contributed by atoms with E-state index in [9.17, 15) is 18.3 Å². The molecule has 0 aromatic heterocycles. The topological polar surface area (TPSA) is 49.5 Å². The number of nitrogens with zero attached hydrogens (tertiary/aromatic N) is 1. The zero-order valence-corrected chi connectivity index (χ0v) is 12.2. The van der Waals surface area contributed by atoms with Gasteiger partial charge in [-0.2, -0.15) is 13.2 Å². The van der Waals surface area contributed by atoms with Gasteiger partial charge < -0.3 is 10.8 Å². The Kier molecular flexibility index (Phi) is 6.64. The Morgan fingerprint density at radius 3 is 2.24 bits per heavy atom. The summed E-state index contributed by atoms with van der Waals surface area (Å²) >= 11 is 0. The van der Waals surface area contributed by atoms with Crippen molar-refractivity contribution < 1.29 is 18.3 Å². The Bertz CT molecular complexity index is 411. The molecule has 3 nitrogen and oxygen atoms in total. The van der Waals surface area contributed by atoms with Crippen molar-refractivity contribution in [1.82, 2.24) is 4.90 Å². The summed E-state index contributed by atoms with van der Waals surface area (Å²) in [4.78, 5) is 1.33. The predicted molar refractivity (Wildman–Crippen MR) is 76.8 cm³/mol. The van der Waals surface area contributed by atoms with Crippen LogP contribution in [-0.2, 0) is 5.54 Å². The lowest BCUT2D eigenvalue weighted by molar-refractivity contribution is -0.146. The van der Waals surface area contributed by atoms with Crippen LogP contribution in [0.5, 0.6) is 0 Å². The van der Waals surface area contributed by atoms with Gasteiger partial charge in [0.05, 0.1) is 18.7 Å². The zero-order chi connectivity index (χ0) is 15.9. The van der Waals surface area contributed by atoms with E-state index in [1.54, 1.807) is 24.3 Å². The monoisotopic (exact) mass is 304 g/mol. The maximum atomic E-state index is 12.5.